The maximum atomic E-state index is 12.6. The van der Waals surface area contributed by atoms with E-state index in [2.05, 4.69) is 5.32 Å². The van der Waals surface area contributed by atoms with Crippen LogP contribution in [0.1, 0.15) is 35.1 Å². The number of para-hydroxylation sites is 1. The molecule has 0 saturated carbocycles. The Balaban J connectivity index is 1.52. The Morgan fingerprint density at radius 1 is 0.938 bits per heavy atom. The minimum Gasteiger partial charge on any atom is -0.550 e. The molecule has 0 radical (unpaired) electrons. The highest BCUT2D eigenvalue weighted by Crippen LogP contribution is 2.44. The summed E-state index contributed by atoms with van der Waals surface area (Å²) in [5.41, 5.74) is 3.99. The smallest absolute Gasteiger partial charge is 0.407 e. The first-order valence-corrected chi connectivity index (χ1v) is 10.0. The van der Waals surface area contributed by atoms with Crippen LogP contribution in [0.15, 0.2) is 72.8 Å². The van der Waals surface area contributed by atoms with Gasteiger partial charge < -0.3 is 20.0 Å². The summed E-state index contributed by atoms with van der Waals surface area (Å²) < 4.78 is 5.44. The highest BCUT2D eigenvalue weighted by atomic mass is 16.6. The molecule has 32 heavy (non-hydrogen) atoms. The van der Waals surface area contributed by atoms with Gasteiger partial charge in [0.1, 0.15) is 6.61 Å². The first-order valence-electron chi connectivity index (χ1n) is 10.0. The fourth-order valence-corrected chi connectivity index (χ4v) is 4.14. The lowest BCUT2D eigenvalue weighted by molar-refractivity contribution is -0.385. The number of rotatable bonds is 7. The highest BCUT2D eigenvalue weighted by Gasteiger charge is 2.30. The van der Waals surface area contributed by atoms with Gasteiger partial charge in [-0.1, -0.05) is 66.7 Å². The number of carbonyl (C=O) groups is 2. The number of nitrogens with one attached hydrogen (secondary N) is 1. The molecule has 0 spiro atoms. The van der Waals surface area contributed by atoms with Gasteiger partial charge in [-0.2, -0.15) is 0 Å². The zero-order valence-electron chi connectivity index (χ0n) is 16.9. The number of hydrogen-bond acceptors (Lipinski definition) is 6. The van der Waals surface area contributed by atoms with Crippen molar-refractivity contribution in [3.8, 4) is 11.1 Å². The SMILES string of the molecule is O=C([O-])C[C@H](NC(=O)OCC1c2ccccc2-c2ccccc21)c1ccccc1[N+](=O)[O-]. The molecule has 3 aromatic carbocycles. The van der Waals surface area contributed by atoms with Crippen LogP contribution in [0.5, 0.6) is 0 Å². The predicted octanol–water partition coefficient (Wildman–Crippen LogP) is 3.31. The van der Waals surface area contributed by atoms with Crippen LogP contribution < -0.4 is 10.4 Å². The Kier molecular flexibility index (Phi) is 5.85. The zero-order chi connectivity index (χ0) is 22.7. The van der Waals surface area contributed by atoms with E-state index in [1.54, 1.807) is 0 Å². The number of aliphatic carboxylic acids is 1. The molecule has 0 saturated heterocycles. The van der Waals surface area contributed by atoms with Gasteiger partial charge in [0.15, 0.2) is 0 Å². The highest BCUT2D eigenvalue weighted by molar-refractivity contribution is 5.79. The Hall–Kier alpha value is -4.20. The summed E-state index contributed by atoms with van der Waals surface area (Å²) in [4.78, 5) is 34.5. The van der Waals surface area contributed by atoms with Crippen molar-refractivity contribution in [3.63, 3.8) is 0 Å². The van der Waals surface area contributed by atoms with Crippen molar-refractivity contribution in [1.82, 2.24) is 5.32 Å². The van der Waals surface area contributed by atoms with Crippen LogP contribution in [0.25, 0.3) is 11.1 Å². The quantitative estimate of drug-likeness (QED) is 0.452. The van der Waals surface area contributed by atoms with E-state index in [1.807, 2.05) is 48.5 Å². The summed E-state index contributed by atoms with van der Waals surface area (Å²) in [5.74, 6) is -1.62. The Morgan fingerprint density at radius 2 is 1.50 bits per heavy atom. The van der Waals surface area contributed by atoms with E-state index in [0.717, 1.165) is 22.3 Å². The molecule has 1 amide bonds. The number of fused-ring (bicyclic) bond motifs is 3. The van der Waals surface area contributed by atoms with E-state index in [-0.39, 0.29) is 23.8 Å². The van der Waals surface area contributed by atoms with Crippen molar-refractivity contribution in [3.05, 3.63) is 99.6 Å². The zero-order valence-corrected chi connectivity index (χ0v) is 16.9. The first-order chi connectivity index (χ1) is 15.5. The maximum Gasteiger partial charge on any atom is 0.407 e. The molecule has 0 aromatic heterocycles. The standard InChI is InChI=1S/C24H20N2O6/c27-23(28)13-21(19-11-5-6-12-22(19)26(30)31)25-24(29)32-14-20-17-9-3-1-7-15(17)16-8-2-4-10-18(16)20/h1-12,20-21H,13-14H2,(H,25,29)(H,27,28)/p-1/t21-/m0/s1. The number of hydrogen-bond donors (Lipinski definition) is 1. The predicted molar refractivity (Wildman–Crippen MR) is 114 cm³/mol. The number of nitro benzene ring substituents is 1. The number of benzene rings is 3. The van der Waals surface area contributed by atoms with Gasteiger partial charge in [0.2, 0.25) is 0 Å². The van der Waals surface area contributed by atoms with Crippen LogP contribution in [-0.4, -0.2) is 23.6 Å². The number of carbonyl (C=O) groups excluding carboxylic acids is 2. The molecule has 1 atom stereocenters. The van der Waals surface area contributed by atoms with Gasteiger partial charge >= 0.3 is 6.09 Å². The minimum absolute atomic E-state index is 0.0365. The number of alkyl carbamates (subject to hydrolysis) is 1. The van der Waals surface area contributed by atoms with Crippen molar-refractivity contribution < 1.29 is 24.4 Å². The molecule has 1 aliphatic carbocycles. The topological polar surface area (TPSA) is 122 Å². The average Bonchev–Trinajstić information content (AvgIpc) is 3.11. The van der Waals surface area contributed by atoms with Crippen LogP contribution in [0.4, 0.5) is 10.5 Å². The van der Waals surface area contributed by atoms with Gasteiger partial charge in [-0.15, -0.1) is 0 Å². The number of amides is 1. The summed E-state index contributed by atoms with van der Waals surface area (Å²) in [6, 6.07) is 20.2. The molecule has 3 aromatic rings. The Bertz CT molecular complexity index is 1150. The number of nitrogens with zero attached hydrogens (tertiary/aromatic N) is 1. The number of carboxylic acids is 1. The molecule has 0 fully saturated rings. The normalized spacial score (nSPS) is 13.0. The second-order valence-corrected chi connectivity index (χ2v) is 7.41. The van der Waals surface area contributed by atoms with Gasteiger partial charge in [-0.25, -0.2) is 4.79 Å². The van der Waals surface area contributed by atoms with Crippen LogP contribution in [0.2, 0.25) is 0 Å². The molecule has 8 nitrogen and oxygen atoms in total. The molecule has 0 bridgehead atoms. The minimum atomic E-state index is -1.45. The molecule has 1 N–H and O–H groups in total. The van der Waals surface area contributed by atoms with Crippen molar-refractivity contribution in [2.45, 2.75) is 18.4 Å². The summed E-state index contributed by atoms with van der Waals surface area (Å²) >= 11 is 0. The van der Waals surface area contributed by atoms with Crippen LogP contribution in [-0.2, 0) is 9.53 Å². The van der Waals surface area contributed by atoms with Crippen LogP contribution >= 0.6 is 0 Å². The largest absolute Gasteiger partial charge is 0.550 e. The molecular weight excluding hydrogens is 412 g/mol. The Morgan fingerprint density at radius 3 is 2.09 bits per heavy atom. The van der Waals surface area contributed by atoms with E-state index < -0.39 is 29.4 Å². The van der Waals surface area contributed by atoms with Gasteiger partial charge in [-0.3, -0.25) is 10.1 Å². The monoisotopic (exact) mass is 431 g/mol. The lowest BCUT2D eigenvalue weighted by atomic mass is 9.98. The van der Waals surface area contributed by atoms with Crippen molar-refractivity contribution >= 4 is 17.7 Å². The van der Waals surface area contributed by atoms with Gasteiger partial charge in [-0.05, 0) is 22.3 Å². The summed E-state index contributed by atoms with van der Waals surface area (Å²) in [7, 11) is 0. The third-order valence-corrected chi connectivity index (χ3v) is 5.52. The molecule has 162 valence electrons. The van der Waals surface area contributed by atoms with Crippen molar-refractivity contribution in [1.29, 1.82) is 0 Å². The van der Waals surface area contributed by atoms with Crippen LogP contribution in [0.3, 0.4) is 0 Å². The summed E-state index contributed by atoms with van der Waals surface area (Å²) in [6.45, 7) is 0.0365. The van der Waals surface area contributed by atoms with Crippen LogP contribution in [0, 0.1) is 10.1 Å². The molecule has 0 heterocycles. The fourth-order valence-electron chi connectivity index (χ4n) is 4.14. The number of ether oxygens (including phenoxy) is 1. The van der Waals surface area contributed by atoms with E-state index in [9.17, 15) is 24.8 Å². The molecule has 0 aliphatic heterocycles. The van der Waals surface area contributed by atoms with Gasteiger partial charge in [0.25, 0.3) is 5.69 Å². The lowest BCUT2D eigenvalue weighted by Gasteiger charge is -2.20. The lowest BCUT2D eigenvalue weighted by Crippen LogP contribution is -2.35. The molecule has 4 rings (SSSR count). The second-order valence-electron chi connectivity index (χ2n) is 7.41. The van der Waals surface area contributed by atoms with Gasteiger partial charge in [0, 0.05) is 24.4 Å². The molecule has 1 aliphatic rings. The third kappa shape index (κ3) is 4.15. The van der Waals surface area contributed by atoms with Crippen molar-refractivity contribution in [2.24, 2.45) is 0 Å². The number of nitro groups is 1. The second kappa shape index (κ2) is 8.89. The fraction of sp³-hybridized carbons (Fsp3) is 0.167. The average molecular weight is 431 g/mol. The maximum absolute atomic E-state index is 12.6. The van der Waals surface area contributed by atoms with E-state index in [1.165, 1.54) is 24.3 Å². The molecule has 8 heteroatoms. The molecule has 0 unspecified atom stereocenters. The van der Waals surface area contributed by atoms with E-state index >= 15 is 0 Å². The van der Waals surface area contributed by atoms with E-state index in [4.69, 9.17) is 4.74 Å². The van der Waals surface area contributed by atoms with E-state index in [0.29, 0.717) is 0 Å². The number of carboxylic acid groups (broad SMARTS) is 1. The van der Waals surface area contributed by atoms with Gasteiger partial charge in [0.05, 0.1) is 16.5 Å². The summed E-state index contributed by atoms with van der Waals surface area (Å²) in [5, 5.41) is 25.0. The summed E-state index contributed by atoms with van der Waals surface area (Å²) in [6.07, 6.45) is -1.49. The molecular formula is C24H19N2O6-. The first kappa shape index (κ1) is 21.0. The Labute approximate surface area is 183 Å². The third-order valence-electron chi connectivity index (χ3n) is 5.52. The van der Waals surface area contributed by atoms with Crippen molar-refractivity contribution in [2.75, 3.05) is 6.61 Å².